The Morgan fingerprint density at radius 3 is 2.47 bits per heavy atom. The number of nitrogens with zero attached hydrogens (tertiary/aromatic N) is 4. The summed E-state index contributed by atoms with van der Waals surface area (Å²) < 4.78 is 5.40. The molecule has 1 aromatic carbocycles. The van der Waals surface area contributed by atoms with Crippen LogP contribution in [0.2, 0.25) is 0 Å². The number of allylic oxidation sites excluding steroid dienone is 1. The van der Waals surface area contributed by atoms with Crippen LogP contribution in [0.4, 0.5) is 0 Å². The average Bonchev–Trinajstić information content (AvgIpc) is 3.23. The van der Waals surface area contributed by atoms with E-state index >= 15 is 0 Å². The van der Waals surface area contributed by atoms with E-state index in [0.717, 1.165) is 16.4 Å². The van der Waals surface area contributed by atoms with Crippen LogP contribution in [0.15, 0.2) is 70.4 Å². The summed E-state index contributed by atoms with van der Waals surface area (Å²) in [6.07, 6.45) is 1.72. The standard InChI is InChI=1S/C25H28N4O4S/c1-4-14-33-24(32)22-17(2)26-25-29(23(22)19-8-6-5-7-9-19)20(16-34-25)15-21(31)28-12-10-27(11-13-28)18(3)30/h4-9,16,23H,1,10-15H2,2-3H3/t23-/m0/s1. The van der Waals surface area contributed by atoms with Crippen LogP contribution in [0.25, 0.3) is 0 Å². The molecule has 4 rings (SSSR count). The molecule has 9 heteroatoms. The Labute approximate surface area is 203 Å². The van der Waals surface area contributed by atoms with Crippen molar-refractivity contribution in [1.82, 2.24) is 14.7 Å². The maximum atomic E-state index is 13.2. The molecule has 8 nitrogen and oxygen atoms in total. The molecule has 0 N–H and O–H groups in total. The molecule has 1 fully saturated rings. The van der Waals surface area contributed by atoms with Gasteiger partial charge in [-0.05, 0) is 17.9 Å². The summed E-state index contributed by atoms with van der Waals surface area (Å²) in [6, 6.07) is 9.25. The van der Waals surface area contributed by atoms with Crippen molar-refractivity contribution in [3.05, 3.63) is 70.9 Å². The van der Waals surface area contributed by atoms with Crippen LogP contribution in [0, 0.1) is 0 Å². The molecule has 178 valence electrons. The van der Waals surface area contributed by atoms with E-state index in [1.807, 2.05) is 47.6 Å². The first-order valence-corrected chi connectivity index (χ1v) is 12.1. The van der Waals surface area contributed by atoms with E-state index in [0.29, 0.717) is 37.4 Å². The number of carbonyl (C=O) groups excluding carboxylic acids is 3. The number of esters is 1. The predicted molar refractivity (Wildman–Crippen MR) is 131 cm³/mol. The Hall–Kier alpha value is -3.33. The molecule has 0 bridgehead atoms. The molecule has 0 aromatic heterocycles. The minimum absolute atomic E-state index is 0.00910. The van der Waals surface area contributed by atoms with Crippen LogP contribution in [-0.4, -0.2) is 70.4 Å². The maximum Gasteiger partial charge on any atom is 0.338 e. The normalized spacial score (nSPS) is 19.9. The maximum absolute atomic E-state index is 13.2. The molecular formula is C25H28N4O4S. The smallest absolute Gasteiger partial charge is 0.338 e. The third-order valence-electron chi connectivity index (χ3n) is 6.08. The van der Waals surface area contributed by atoms with Crippen LogP contribution in [0.1, 0.15) is 31.9 Å². The molecule has 0 spiro atoms. The number of thioether (sulfide) groups is 1. The average molecular weight is 481 g/mol. The van der Waals surface area contributed by atoms with E-state index in [1.165, 1.54) is 17.8 Å². The third kappa shape index (κ3) is 4.79. The van der Waals surface area contributed by atoms with E-state index in [1.54, 1.807) is 16.7 Å². The molecule has 2 amide bonds. The summed E-state index contributed by atoms with van der Waals surface area (Å²) in [5.41, 5.74) is 2.75. The van der Waals surface area contributed by atoms with E-state index in [2.05, 4.69) is 11.6 Å². The summed E-state index contributed by atoms with van der Waals surface area (Å²) in [5.74, 6) is -0.429. The first kappa shape index (κ1) is 23.8. The van der Waals surface area contributed by atoms with E-state index in [-0.39, 0.29) is 24.8 Å². The Morgan fingerprint density at radius 1 is 1.15 bits per heavy atom. The zero-order valence-electron chi connectivity index (χ0n) is 19.4. The van der Waals surface area contributed by atoms with Crippen molar-refractivity contribution < 1.29 is 19.1 Å². The molecular weight excluding hydrogens is 452 g/mol. The molecule has 1 atom stereocenters. The monoisotopic (exact) mass is 480 g/mol. The number of hydrogen-bond acceptors (Lipinski definition) is 7. The van der Waals surface area contributed by atoms with Gasteiger partial charge in [-0.3, -0.25) is 9.59 Å². The lowest BCUT2D eigenvalue weighted by molar-refractivity contribution is -0.138. The summed E-state index contributed by atoms with van der Waals surface area (Å²) in [5, 5.41) is 2.67. The fourth-order valence-corrected chi connectivity index (χ4v) is 5.30. The summed E-state index contributed by atoms with van der Waals surface area (Å²) >= 11 is 1.45. The molecule has 1 saturated heterocycles. The highest BCUT2D eigenvalue weighted by Crippen LogP contribution is 2.44. The Morgan fingerprint density at radius 2 is 1.82 bits per heavy atom. The van der Waals surface area contributed by atoms with Gasteiger partial charge < -0.3 is 19.4 Å². The molecule has 0 unspecified atom stereocenters. The van der Waals surface area contributed by atoms with Crippen molar-refractivity contribution in [2.24, 2.45) is 4.99 Å². The number of piperazine rings is 1. The highest BCUT2D eigenvalue weighted by molar-refractivity contribution is 8.16. The number of rotatable bonds is 6. The van der Waals surface area contributed by atoms with Gasteiger partial charge in [0.1, 0.15) is 6.61 Å². The molecule has 3 heterocycles. The van der Waals surface area contributed by atoms with Crippen molar-refractivity contribution in [3.8, 4) is 0 Å². The number of amides is 2. The van der Waals surface area contributed by atoms with Crippen molar-refractivity contribution in [2.75, 3.05) is 32.8 Å². The van der Waals surface area contributed by atoms with Gasteiger partial charge in [-0.25, -0.2) is 9.79 Å². The summed E-state index contributed by atoms with van der Waals surface area (Å²) in [7, 11) is 0. The highest BCUT2D eigenvalue weighted by Gasteiger charge is 2.41. The highest BCUT2D eigenvalue weighted by atomic mass is 32.2. The Balaban J connectivity index is 1.59. The zero-order chi connectivity index (χ0) is 24.2. The molecule has 0 aliphatic carbocycles. The van der Waals surface area contributed by atoms with Gasteiger partial charge in [-0.1, -0.05) is 54.7 Å². The topological polar surface area (TPSA) is 82.5 Å². The van der Waals surface area contributed by atoms with Crippen LogP contribution < -0.4 is 0 Å². The Kier molecular flexibility index (Phi) is 7.21. The molecule has 1 aromatic rings. The van der Waals surface area contributed by atoms with Gasteiger partial charge in [0, 0.05) is 38.8 Å². The molecule has 34 heavy (non-hydrogen) atoms. The minimum atomic E-state index is -0.449. The number of fused-ring (bicyclic) bond motifs is 1. The van der Waals surface area contributed by atoms with Gasteiger partial charge in [0.15, 0.2) is 5.17 Å². The van der Waals surface area contributed by atoms with E-state index < -0.39 is 12.0 Å². The van der Waals surface area contributed by atoms with Gasteiger partial charge in [-0.15, -0.1) is 0 Å². The lowest BCUT2D eigenvalue weighted by Crippen LogP contribution is -2.50. The van der Waals surface area contributed by atoms with Crippen molar-refractivity contribution in [1.29, 1.82) is 0 Å². The van der Waals surface area contributed by atoms with Crippen LogP contribution in [0.3, 0.4) is 0 Å². The fourth-order valence-electron chi connectivity index (χ4n) is 4.33. The van der Waals surface area contributed by atoms with Gasteiger partial charge in [0.05, 0.1) is 23.7 Å². The van der Waals surface area contributed by atoms with Gasteiger partial charge in [0.2, 0.25) is 11.8 Å². The zero-order valence-corrected chi connectivity index (χ0v) is 20.2. The van der Waals surface area contributed by atoms with Gasteiger partial charge in [0.25, 0.3) is 0 Å². The van der Waals surface area contributed by atoms with Crippen LogP contribution in [0.5, 0.6) is 0 Å². The second-order valence-corrected chi connectivity index (χ2v) is 9.09. The van der Waals surface area contributed by atoms with Crippen LogP contribution >= 0.6 is 11.8 Å². The minimum Gasteiger partial charge on any atom is -0.458 e. The lowest BCUT2D eigenvalue weighted by atomic mass is 9.94. The van der Waals surface area contributed by atoms with Crippen molar-refractivity contribution in [3.63, 3.8) is 0 Å². The predicted octanol–water partition coefficient (Wildman–Crippen LogP) is 3.07. The number of aliphatic imine (C=N–C) groups is 1. The largest absolute Gasteiger partial charge is 0.458 e. The molecule has 3 aliphatic heterocycles. The van der Waals surface area contributed by atoms with E-state index in [4.69, 9.17) is 4.74 Å². The van der Waals surface area contributed by atoms with Crippen molar-refractivity contribution >= 4 is 34.7 Å². The molecule has 0 saturated carbocycles. The lowest BCUT2D eigenvalue weighted by Gasteiger charge is -2.37. The van der Waals surface area contributed by atoms with E-state index in [9.17, 15) is 14.4 Å². The van der Waals surface area contributed by atoms with Crippen molar-refractivity contribution in [2.45, 2.75) is 26.3 Å². The molecule has 0 radical (unpaired) electrons. The first-order valence-electron chi connectivity index (χ1n) is 11.2. The van der Waals surface area contributed by atoms with Crippen LogP contribution in [-0.2, 0) is 19.1 Å². The number of amidine groups is 1. The SMILES string of the molecule is C=CCOC(=O)C1=C(C)N=C2SC=C(CC(=O)N3CCN(C(C)=O)CC3)N2[C@H]1c1ccccc1. The quantitative estimate of drug-likeness (QED) is 0.460. The number of ether oxygens (including phenoxy) is 1. The summed E-state index contributed by atoms with van der Waals surface area (Å²) in [4.78, 5) is 48.0. The van der Waals surface area contributed by atoms with Gasteiger partial charge >= 0.3 is 5.97 Å². The number of carbonyl (C=O) groups is 3. The third-order valence-corrected chi connectivity index (χ3v) is 6.97. The second-order valence-electron chi connectivity index (χ2n) is 8.25. The van der Waals surface area contributed by atoms with Gasteiger partial charge in [-0.2, -0.15) is 0 Å². The second kappa shape index (κ2) is 10.3. The molecule has 3 aliphatic rings. The fraction of sp³-hybridized carbons (Fsp3) is 0.360. The number of hydrogen-bond donors (Lipinski definition) is 0. The summed E-state index contributed by atoms with van der Waals surface area (Å²) in [6.45, 7) is 9.20. The Bertz CT molecular complexity index is 1090. The number of benzene rings is 1. The first-order chi connectivity index (χ1) is 16.4.